The number of nitrogens with zero attached hydrogens (tertiary/aromatic N) is 2. The number of carbonyl (C=O) groups excluding carboxylic acids is 1. The van der Waals surface area contributed by atoms with Crippen molar-refractivity contribution in [1.82, 2.24) is 9.80 Å². The molecule has 0 aromatic heterocycles. The zero-order valence-corrected chi connectivity index (χ0v) is 13.2. The third-order valence-electron chi connectivity index (χ3n) is 3.58. The van der Waals surface area contributed by atoms with Crippen molar-refractivity contribution in [3.8, 4) is 5.75 Å². The highest BCUT2D eigenvalue weighted by molar-refractivity contribution is 5.94. The van der Waals surface area contributed by atoms with E-state index in [4.69, 9.17) is 4.74 Å². The predicted octanol–water partition coefficient (Wildman–Crippen LogP) is 2.50. The van der Waals surface area contributed by atoms with Gasteiger partial charge in [-0.05, 0) is 38.2 Å². The summed E-state index contributed by atoms with van der Waals surface area (Å²) in [6, 6.07) is 7.72. The van der Waals surface area contributed by atoms with Crippen molar-refractivity contribution in [3.05, 3.63) is 29.8 Å². The van der Waals surface area contributed by atoms with Gasteiger partial charge in [-0.3, -0.25) is 4.79 Å². The van der Waals surface area contributed by atoms with Crippen LogP contribution in [0.3, 0.4) is 0 Å². The van der Waals surface area contributed by atoms with E-state index in [0.717, 1.165) is 30.9 Å². The zero-order chi connectivity index (χ0) is 15.1. The molecule has 0 bridgehead atoms. The molecular formula is C16H26N2O2. The Morgan fingerprint density at radius 1 is 1.20 bits per heavy atom. The minimum absolute atomic E-state index is 0.109. The molecule has 0 radical (unpaired) electrons. The van der Waals surface area contributed by atoms with Crippen molar-refractivity contribution in [1.29, 1.82) is 0 Å². The second kappa shape index (κ2) is 7.90. The number of methoxy groups -OCH3 is 1. The summed E-state index contributed by atoms with van der Waals surface area (Å²) < 4.78 is 5.09. The summed E-state index contributed by atoms with van der Waals surface area (Å²) in [5.74, 6) is 0.885. The van der Waals surface area contributed by atoms with Gasteiger partial charge in [-0.25, -0.2) is 0 Å². The van der Waals surface area contributed by atoms with Crippen LogP contribution in [0.4, 0.5) is 0 Å². The summed E-state index contributed by atoms with van der Waals surface area (Å²) in [6.07, 6.45) is 0. The lowest BCUT2D eigenvalue weighted by Crippen LogP contribution is -2.52. The van der Waals surface area contributed by atoms with Gasteiger partial charge in [0.25, 0.3) is 5.91 Å². The number of ether oxygens (including phenoxy) is 1. The lowest BCUT2D eigenvalue weighted by atomic mass is 10.1. The van der Waals surface area contributed by atoms with Crippen molar-refractivity contribution in [3.63, 3.8) is 0 Å². The largest absolute Gasteiger partial charge is 0.497 e. The first kappa shape index (κ1) is 16.5. The number of hydrogen-bond acceptors (Lipinski definition) is 3. The van der Waals surface area contributed by atoms with Gasteiger partial charge in [0.05, 0.1) is 7.11 Å². The normalized spacial score (nSPS) is 19.1. The number of hydrogen-bond donors (Lipinski definition) is 0. The van der Waals surface area contributed by atoms with Gasteiger partial charge >= 0.3 is 0 Å². The molecule has 0 N–H and O–H groups in total. The Balaban J connectivity index is 0.000000956. The van der Waals surface area contributed by atoms with Crippen molar-refractivity contribution >= 4 is 5.91 Å². The van der Waals surface area contributed by atoms with E-state index in [2.05, 4.69) is 18.9 Å². The molecule has 1 amide bonds. The van der Waals surface area contributed by atoms with Gasteiger partial charge in [0.2, 0.25) is 0 Å². The van der Waals surface area contributed by atoms with Crippen molar-refractivity contribution in [2.45, 2.75) is 26.8 Å². The van der Waals surface area contributed by atoms with E-state index in [1.54, 1.807) is 7.11 Å². The predicted molar refractivity (Wildman–Crippen MR) is 82.3 cm³/mol. The summed E-state index contributed by atoms with van der Waals surface area (Å²) >= 11 is 0. The van der Waals surface area contributed by atoms with Crippen LogP contribution < -0.4 is 4.74 Å². The van der Waals surface area contributed by atoms with E-state index in [-0.39, 0.29) is 5.91 Å². The highest BCUT2D eigenvalue weighted by Gasteiger charge is 2.24. The molecule has 1 aliphatic heterocycles. The van der Waals surface area contributed by atoms with Crippen LogP contribution in [0.25, 0.3) is 0 Å². The summed E-state index contributed by atoms with van der Waals surface area (Å²) in [7, 11) is 3.72. The molecule has 1 heterocycles. The second-order valence-electron chi connectivity index (χ2n) is 4.81. The lowest BCUT2D eigenvalue weighted by molar-refractivity contribution is 0.0572. The average Bonchev–Trinajstić information content (AvgIpc) is 2.51. The smallest absolute Gasteiger partial charge is 0.253 e. The minimum atomic E-state index is 0.109. The molecule has 1 atom stereocenters. The number of benzene rings is 1. The van der Waals surface area contributed by atoms with Crippen LogP contribution in [0.5, 0.6) is 5.75 Å². The molecule has 1 saturated heterocycles. The molecule has 0 aliphatic carbocycles. The van der Waals surface area contributed by atoms with Crippen molar-refractivity contribution in [2.24, 2.45) is 0 Å². The van der Waals surface area contributed by atoms with E-state index in [0.29, 0.717) is 6.04 Å². The molecule has 1 aromatic rings. The van der Waals surface area contributed by atoms with Crippen LogP contribution in [-0.4, -0.2) is 55.5 Å². The molecule has 0 spiro atoms. The first-order valence-corrected chi connectivity index (χ1v) is 7.25. The molecule has 1 aromatic carbocycles. The Bertz CT molecular complexity index is 417. The van der Waals surface area contributed by atoms with Gasteiger partial charge in [0, 0.05) is 31.2 Å². The summed E-state index contributed by atoms with van der Waals surface area (Å²) in [5, 5.41) is 0. The third-order valence-corrected chi connectivity index (χ3v) is 3.58. The Morgan fingerprint density at radius 3 is 2.30 bits per heavy atom. The maximum Gasteiger partial charge on any atom is 0.253 e. The van der Waals surface area contributed by atoms with Crippen LogP contribution >= 0.6 is 0 Å². The maximum atomic E-state index is 12.3. The van der Waals surface area contributed by atoms with Crippen LogP contribution in [0.1, 0.15) is 31.1 Å². The summed E-state index contributed by atoms with van der Waals surface area (Å²) in [5.41, 5.74) is 0.729. The van der Waals surface area contributed by atoms with Gasteiger partial charge in [0.15, 0.2) is 0 Å². The fourth-order valence-corrected chi connectivity index (χ4v) is 2.15. The van der Waals surface area contributed by atoms with Gasteiger partial charge in [-0.15, -0.1) is 0 Å². The maximum absolute atomic E-state index is 12.3. The number of rotatable bonds is 2. The molecular weight excluding hydrogens is 252 g/mol. The minimum Gasteiger partial charge on any atom is -0.497 e. The van der Waals surface area contributed by atoms with Crippen LogP contribution in [0.2, 0.25) is 0 Å². The molecule has 1 aliphatic rings. The molecule has 0 saturated carbocycles. The monoisotopic (exact) mass is 278 g/mol. The van der Waals surface area contributed by atoms with Gasteiger partial charge in [-0.1, -0.05) is 13.8 Å². The standard InChI is InChI=1S/C14H20N2O2.C2H6/c1-11-10-16(9-8-15(11)2)14(17)12-4-6-13(18-3)7-5-12;1-2/h4-7,11H,8-10H2,1-3H3;1-2H3. The number of amides is 1. The fraction of sp³-hybridized carbons (Fsp3) is 0.562. The van der Waals surface area contributed by atoms with E-state index in [1.165, 1.54) is 0 Å². The number of carbonyl (C=O) groups is 1. The van der Waals surface area contributed by atoms with E-state index in [1.807, 2.05) is 43.0 Å². The lowest BCUT2D eigenvalue weighted by Gasteiger charge is -2.37. The SMILES string of the molecule is CC.COc1ccc(C(=O)N2CCN(C)C(C)C2)cc1. The Labute approximate surface area is 122 Å². The van der Waals surface area contributed by atoms with Crippen LogP contribution in [0, 0.1) is 0 Å². The number of likely N-dealkylation sites (N-methyl/N-ethyl adjacent to an activating group) is 1. The zero-order valence-electron chi connectivity index (χ0n) is 13.2. The molecule has 112 valence electrons. The van der Waals surface area contributed by atoms with E-state index in [9.17, 15) is 4.79 Å². The van der Waals surface area contributed by atoms with Gasteiger partial charge in [0.1, 0.15) is 5.75 Å². The quantitative estimate of drug-likeness (QED) is 0.833. The number of piperazine rings is 1. The second-order valence-corrected chi connectivity index (χ2v) is 4.81. The fourth-order valence-electron chi connectivity index (χ4n) is 2.15. The first-order chi connectivity index (χ1) is 9.61. The highest BCUT2D eigenvalue weighted by atomic mass is 16.5. The topological polar surface area (TPSA) is 32.8 Å². The Morgan fingerprint density at radius 2 is 1.80 bits per heavy atom. The van der Waals surface area contributed by atoms with Crippen LogP contribution in [0.15, 0.2) is 24.3 Å². The molecule has 20 heavy (non-hydrogen) atoms. The molecule has 1 fully saturated rings. The van der Waals surface area contributed by atoms with Crippen molar-refractivity contribution < 1.29 is 9.53 Å². The van der Waals surface area contributed by atoms with E-state index < -0.39 is 0 Å². The summed E-state index contributed by atoms with van der Waals surface area (Å²) in [4.78, 5) is 16.5. The molecule has 4 heteroatoms. The average molecular weight is 278 g/mol. The van der Waals surface area contributed by atoms with Gasteiger partial charge in [-0.2, -0.15) is 0 Å². The molecule has 1 unspecified atom stereocenters. The first-order valence-electron chi connectivity index (χ1n) is 7.25. The Kier molecular flexibility index (Phi) is 6.52. The summed E-state index contributed by atoms with van der Waals surface area (Å²) in [6.45, 7) is 8.67. The Hall–Kier alpha value is -1.55. The van der Waals surface area contributed by atoms with Gasteiger partial charge < -0.3 is 14.5 Å². The highest BCUT2D eigenvalue weighted by Crippen LogP contribution is 2.15. The molecule has 2 rings (SSSR count). The van der Waals surface area contributed by atoms with Crippen LogP contribution in [-0.2, 0) is 0 Å². The molecule has 4 nitrogen and oxygen atoms in total. The van der Waals surface area contributed by atoms with Crippen molar-refractivity contribution in [2.75, 3.05) is 33.8 Å². The van der Waals surface area contributed by atoms with E-state index >= 15 is 0 Å². The third kappa shape index (κ3) is 3.97.